The number of amidine groups is 1. The summed E-state index contributed by atoms with van der Waals surface area (Å²) >= 11 is 6.33. The van der Waals surface area contributed by atoms with Crippen molar-refractivity contribution in [2.24, 2.45) is 4.99 Å². The van der Waals surface area contributed by atoms with Crippen LogP contribution in [0.5, 0.6) is 0 Å². The van der Waals surface area contributed by atoms with Crippen LogP contribution >= 0.6 is 19.0 Å². The van der Waals surface area contributed by atoms with Gasteiger partial charge in [0.05, 0.1) is 35.4 Å². The smallest absolute Gasteiger partial charge is 0.296 e. The lowest BCUT2D eigenvalue weighted by molar-refractivity contribution is 0.553. The van der Waals surface area contributed by atoms with Crippen molar-refractivity contribution in [1.82, 2.24) is 14.5 Å². The van der Waals surface area contributed by atoms with Crippen LogP contribution in [0.15, 0.2) is 53.5 Å². The van der Waals surface area contributed by atoms with Crippen molar-refractivity contribution in [3.05, 3.63) is 70.6 Å². The molecule has 3 aromatic rings. The molecule has 2 aromatic carbocycles. The molecule has 0 radical (unpaired) electrons. The Morgan fingerprint density at radius 3 is 2.61 bits per heavy atom. The lowest BCUT2D eigenvalue weighted by atomic mass is 10.2. The summed E-state index contributed by atoms with van der Waals surface area (Å²) in [6.07, 6.45) is 0.229. The van der Waals surface area contributed by atoms with Gasteiger partial charge in [0, 0.05) is 12.6 Å². The number of benzene rings is 2. The van der Waals surface area contributed by atoms with Crippen LogP contribution in [-0.4, -0.2) is 27.3 Å². The van der Waals surface area contributed by atoms with E-state index in [1.54, 1.807) is 59.7 Å². The molecule has 0 aliphatic carbocycles. The summed E-state index contributed by atoms with van der Waals surface area (Å²) in [5.41, 5.74) is 1.65. The molecule has 0 unspecified atom stereocenters. The van der Waals surface area contributed by atoms with E-state index in [1.165, 1.54) is 12.1 Å². The van der Waals surface area contributed by atoms with Crippen molar-refractivity contribution in [3.8, 4) is 6.07 Å². The van der Waals surface area contributed by atoms with Gasteiger partial charge < -0.3 is 5.09 Å². The first-order valence-corrected chi connectivity index (χ1v) is 11.6. The minimum Gasteiger partial charge on any atom is -0.315 e. The average molecular weight is 457 g/mol. The van der Waals surface area contributed by atoms with Crippen molar-refractivity contribution < 1.29 is 8.96 Å². The van der Waals surface area contributed by atoms with Gasteiger partial charge in [-0.2, -0.15) is 10.4 Å². The van der Waals surface area contributed by atoms with E-state index >= 15 is 0 Å². The normalized spacial score (nSPS) is 17.6. The van der Waals surface area contributed by atoms with Gasteiger partial charge in [0.2, 0.25) is 0 Å². The molecule has 1 N–H and O–H groups in total. The number of rotatable bonds is 5. The number of hydrogen-bond donors (Lipinski definition) is 1. The van der Waals surface area contributed by atoms with E-state index in [0.717, 1.165) is 0 Å². The third-order valence-electron chi connectivity index (χ3n) is 5.00. The number of anilines is 1. The Labute approximate surface area is 184 Å². The van der Waals surface area contributed by atoms with Crippen molar-refractivity contribution >= 4 is 41.7 Å². The van der Waals surface area contributed by atoms with Crippen LogP contribution in [0.2, 0.25) is 5.02 Å². The monoisotopic (exact) mass is 456 g/mol. The predicted octanol–water partition coefficient (Wildman–Crippen LogP) is 4.85. The second kappa shape index (κ2) is 8.18. The molecule has 0 fully saturated rings. The van der Waals surface area contributed by atoms with Crippen molar-refractivity contribution in [2.75, 3.05) is 12.1 Å². The molecule has 4 rings (SSSR count). The maximum atomic E-state index is 14.5. The van der Waals surface area contributed by atoms with Crippen LogP contribution in [0, 0.1) is 24.1 Å². The molecule has 1 aromatic heterocycles. The van der Waals surface area contributed by atoms with Crippen LogP contribution < -0.4 is 10.4 Å². The van der Waals surface area contributed by atoms with E-state index in [2.05, 4.69) is 16.3 Å². The number of aromatic nitrogens is 2. The average Bonchev–Trinajstić information content (AvgIpc) is 3.07. The van der Waals surface area contributed by atoms with Crippen molar-refractivity contribution in [3.63, 3.8) is 0 Å². The number of halogens is 2. The fourth-order valence-electron chi connectivity index (χ4n) is 3.49. The highest BCUT2D eigenvalue weighted by Crippen LogP contribution is 2.54. The van der Waals surface area contributed by atoms with Crippen LogP contribution in [0.1, 0.15) is 17.7 Å². The second-order valence-electron chi connectivity index (χ2n) is 7.02. The molecule has 0 saturated heterocycles. The van der Waals surface area contributed by atoms with Gasteiger partial charge in [0.1, 0.15) is 17.0 Å². The molecule has 1 aliphatic rings. The molecule has 7 nitrogen and oxygen atoms in total. The summed E-state index contributed by atoms with van der Waals surface area (Å²) in [5, 5.41) is 17.5. The minimum absolute atomic E-state index is 0.229. The van der Waals surface area contributed by atoms with Gasteiger partial charge in [0.15, 0.2) is 5.82 Å². The first kappa shape index (κ1) is 21.1. The number of nitrogens with one attached hydrogen (secondary N) is 1. The third kappa shape index (κ3) is 3.71. The fraction of sp³-hybridized carbons (Fsp3) is 0.190. The minimum atomic E-state index is -3.52. The van der Waals surface area contributed by atoms with E-state index in [4.69, 9.17) is 21.9 Å². The van der Waals surface area contributed by atoms with E-state index < -0.39 is 7.44 Å². The van der Waals surface area contributed by atoms with Gasteiger partial charge in [-0.3, -0.25) is 9.24 Å². The third-order valence-corrected chi connectivity index (χ3v) is 8.04. The van der Waals surface area contributed by atoms with Crippen LogP contribution in [-0.2, 0) is 11.1 Å². The van der Waals surface area contributed by atoms with Gasteiger partial charge in [-0.1, -0.05) is 23.7 Å². The molecule has 10 heteroatoms. The molecule has 0 bridgehead atoms. The Balaban J connectivity index is 1.92. The van der Waals surface area contributed by atoms with Crippen molar-refractivity contribution in [1.29, 1.82) is 5.26 Å². The lowest BCUT2D eigenvalue weighted by Gasteiger charge is -2.35. The van der Waals surface area contributed by atoms with Gasteiger partial charge in [-0.25, -0.2) is 14.1 Å². The molecular formula is C21H19ClFN6OP. The van der Waals surface area contributed by atoms with Gasteiger partial charge >= 0.3 is 0 Å². The topological polar surface area (TPSA) is 86.3 Å². The predicted molar refractivity (Wildman–Crippen MR) is 120 cm³/mol. The number of aryl methyl sites for hydroxylation is 2. The largest absolute Gasteiger partial charge is 0.315 e. The van der Waals surface area contributed by atoms with Gasteiger partial charge in [-0.05, 0) is 43.3 Å². The summed E-state index contributed by atoms with van der Waals surface area (Å²) in [7, 11) is -1.85. The molecule has 2 heterocycles. The highest BCUT2D eigenvalue weighted by Gasteiger charge is 2.43. The number of aliphatic imine (C=N–C) groups is 1. The number of nitrogens with zero attached hydrogens (tertiary/aromatic N) is 5. The standard InChI is InChI=1S/C21H19ClFN6OP/c1-14-19-21(29(26-14)13-5-12-24)25-20(15-8-10-16(23)11-9-15)28(2)31(19,30)27-18-7-4-3-6-17(18)22/h3-4,6-11H,5,13H2,1-2H3,(H,27,30)/t31-/m1/s1. The Bertz CT molecular complexity index is 1260. The van der Waals surface area contributed by atoms with Gasteiger partial charge in [0.25, 0.3) is 7.44 Å². The van der Waals surface area contributed by atoms with E-state index in [0.29, 0.717) is 45.5 Å². The zero-order chi connectivity index (χ0) is 22.2. The Morgan fingerprint density at radius 1 is 1.23 bits per heavy atom. The van der Waals surface area contributed by atoms with Crippen LogP contribution in [0.4, 0.5) is 15.9 Å². The van der Waals surface area contributed by atoms with Crippen LogP contribution in [0.25, 0.3) is 0 Å². The first-order chi connectivity index (χ1) is 14.8. The number of para-hydroxylation sites is 1. The fourth-order valence-corrected chi connectivity index (χ4v) is 6.17. The SMILES string of the molecule is Cc1nn(CCC#N)c2c1[P@@](=O)(Nc1ccccc1Cl)N(C)C(c1ccc(F)cc1)=N2. The molecule has 158 valence electrons. The van der Waals surface area contributed by atoms with E-state index in [9.17, 15) is 8.96 Å². The summed E-state index contributed by atoms with van der Waals surface area (Å²) in [5.74, 6) is 0.428. The van der Waals surface area contributed by atoms with Gasteiger partial charge in [-0.15, -0.1) is 0 Å². The first-order valence-electron chi connectivity index (χ1n) is 9.52. The second-order valence-corrected chi connectivity index (χ2v) is 9.85. The number of hydrogen-bond acceptors (Lipinski definition) is 4. The highest BCUT2D eigenvalue weighted by molar-refractivity contribution is 7.72. The lowest BCUT2D eigenvalue weighted by Crippen LogP contribution is -2.36. The Morgan fingerprint density at radius 2 is 1.94 bits per heavy atom. The molecule has 0 saturated carbocycles. The quantitative estimate of drug-likeness (QED) is 0.554. The molecule has 1 atom stereocenters. The Kier molecular flexibility index (Phi) is 5.57. The Hall–Kier alpha value is -3.14. The molecule has 31 heavy (non-hydrogen) atoms. The summed E-state index contributed by atoms with van der Waals surface area (Å²) in [6, 6.07) is 14.9. The number of fused-ring (bicyclic) bond motifs is 1. The summed E-state index contributed by atoms with van der Waals surface area (Å²) < 4.78 is 31.2. The zero-order valence-corrected chi connectivity index (χ0v) is 18.5. The van der Waals surface area contributed by atoms with E-state index in [-0.39, 0.29) is 12.2 Å². The molecule has 0 spiro atoms. The summed E-state index contributed by atoms with van der Waals surface area (Å²) in [4.78, 5) is 4.73. The molecule has 0 amide bonds. The van der Waals surface area contributed by atoms with Crippen LogP contribution in [0.3, 0.4) is 0 Å². The molecule has 1 aliphatic heterocycles. The highest BCUT2D eigenvalue weighted by atomic mass is 35.5. The molecular weight excluding hydrogens is 438 g/mol. The maximum Gasteiger partial charge on any atom is 0.296 e. The van der Waals surface area contributed by atoms with Crippen molar-refractivity contribution in [2.45, 2.75) is 19.9 Å². The summed E-state index contributed by atoms with van der Waals surface area (Å²) in [6.45, 7) is 2.07. The maximum absolute atomic E-state index is 14.5. The zero-order valence-electron chi connectivity index (χ0n) is 16.9. The number of nitriles is 1. The van der Waals surface area contributed by atoms with E-state index in [1.807, 2.05) is 0 Å².